The van der Waals surface area contributed by atoms with E-state index in [4.69, 9.17) is 0 Å². The summed E-state index contributed by atoms with van der Waals surface area (Å²) in [5.41, 5.74) is 0. The van der Waals surface area contributed by atoms with Crippen LogP contribution in [0, 0.1) is 0 Å². The van der Waals surface area contributed by atoms with Crippen molar-refractivity contribution in [2.45, 2.75) is 25.8 Å². The fraction of sp³-hybridized carbons (Fsp3) is 0.385. The van der Waals surface area contributed by atoms with Crippen LogP contribution in [0.5, 0.6) is 0 Å². The highest BCUT2D eigenvalue weighted by Gasteiger charge is 2.08. The smallest absolute Gasteiger partial charge is 0.0412 e. The molecule has 2 heterocycles. The molecule has 2 rings (SSSR count). The molecule has 0 aliphatic heterocycles. The number of hydrogen-bond acceptors (Lipinski definition) is 3. The fourth-order valence-electron chi connectivity index (χ4n) is 1.76. The number of thiophene rings is 2. The molecule has 1 nitrogen and oxygen atoms in total. The zero-order valence-corrected chi connectivity index (χ0v) is 11.1. The number of rotatable bonds is 6. The highest BCUT2D eigenvalue weighted by Crippen LogP contribution is 2.21. The molecule has 3 heteroatoms. The summed E-state index contributed by atoms with van der Waals surface area (Å²) in [4.78, 5) is 2.92. The van der Waals surface area contributed by atoms with Crippen LogP contribution in [0.2, 0.25) is 0 Å². The van der Waals surface area contributed by atoms with Crippen molar-refractivity contribution in [3.05, 3.63) is 44.8 Å². The molecule has 16 heavy (non-hydrogen) atoms. The van der Waals surface area contributed by atoms with E-state index in [-0.39, 0.29) is 0 Å². The van der Waals surface area contributed by atoms with Gasteiger partial charge in [-0.15, -0.1) is 22.7 Å². The second kappa shape index (κ2) is 6.18. The standard InChI is InChI=1S/C13H17NS2/c1-2-12(13-6-4-10-16-13)14-8-7-11-5-3-9-15-11/h3-6,9-10,12,14H,2,7-8H2,1H3. The molecule has 0 bridgehead atoms. The van der Waals surface area contributed by atoms with Crippen LogP contribution in [0.4, 0.5) is 0 Å². The molecule has 1 atom stereocenters. The molecule has 2 aromatic heterocycles. The van der Waals surface area contributed by atoms with E-state index in [1.54, 1.807) is 0 Å². The van der Waals surface area contributed by atoms with E-state index in [9.17, 15) is 0 Å². The summed E-state index contributed by atoms with van der Waals surface area (Å²) in [6, 6.07) is 9.20. The van der Waals surface area contributed by atoms with Crippen LogP contribution in [0.15, 0.2) is 35.0 Å². The lowest BCUT2D eigenvalue weighted by atomic mass is 10.2. The van der Waals surface area contributed by atoms with Crippen molar-refractivity contribution >= 4 is 22.7 Å². The molecular weight excluding hydrogens is 234 g/mol. The Hall–Kier alpha value is -0.640. The lowest BCUT2D eigenvalue weighted by Crippen LogP contribution is -2.22. The number of nitrogens with one attached hydrogen (secondary N) is 1. The molecule has 1 N–H and O–H groups in total. The summed E-state index contributed by atoms with van der Waals surface area (Å²) < 4.78 is 0. The first-order chi connectivity index (χ1) is 7.90. The van der Waals surface area contributed by atoms with Gasteiger partial charge in [-0.2, -0.15) is 0 Å². The van der Waals surface area contributed by atoms with Gasteiger partial charge >= 0.3 is 0 Å². The van der Waals surface area contributed by atoms with Crippen LogP contribution in [-0.2, 0) is 6.42 Å². The zero-order chi connectivity index (χ0) is 11.2. The molecular formula is C13H17NS2. The maximum Gasteiger partial charge on any atom is 0.0412 e. The second-order valence-electron chi connectivity index (χ2n) is 3.76. The fourth-order valence-corrected chi connectivity index (χ4v) is 3.35. The van der Waals surface area contributed by atoms with Crippen LogP contribution >= 0.6 is 22.7 Å². The van der Waals surface area contributed by atoms with Crippen LogP contribution in [-0.4, -0.2) is 6.54 Å². The predicted octanol–water partition coefficient (Wildman–Crippen LogP) is 4.09. The van der Waals surface area contributed by atoms with Crippen LogP contribution < -0.4 is 5.32 Å². The van der Waals surface area contributed by atoms with Crippen LogP contribution in [0.1, 0.15) is 29.1 Å². The van der Waals surface area contributed by atoms with Gasteiger partial charge < -0.3 is 5.32 Å². The van der Waals surface area contributed by atoms with E-state index in [0.717, 1.165) is 19.4 Å². The minimum atomic E-state index is 0.528. The highest BCUT2D eigenvalue weighted by molar-refractivity contribution is 7.10. The molecule has 0 saturated heterocycles. The molecule has 0 aliphatic rings. The molecule has 0 spiro atoms. The zero-order valence-electron chi connectivity index (χ0n) is 9.48. The summed E-state index contributed by atoms with van der Waals surface area (Å²) >= 11 is 3.69. The Balaban J connectivity index is 1.80. The molecule has 0 aromatic carbocycles. The number of hydrogen-bond donors (Lipinski definition) is 1. The minimum absolute atomic E-state index is 0.528. The molecule has 0 aliphatic carbocycles. The molecule has 2 aromatic rings. The van der Waals surface area contributed by atoms with Crippen molar-refractivity contribution in [2.75, 3.05) is 6.54 Å². The highest BCUT2D eigenvalue weighted by atomic mass is 32.1. The Labute approximate surface area is 105 Å². The maximum absolute atomic E-state index is 3.63. The van der Waals surface area contributed by atoms with Gasteiger partial charge in [0.25, 0.3) is 0 Å². The van der Waals surface area contributed by atoms with Gasteiger partial charge in [-0.3, -0.25) is 0 Å². The Morgan fingerprint density at radius 2 is 2.00 bits per heavy atom. The van der Waals surface area contributed by atoms with Crippen molar-refractivity contribution < 1.29 is 0 Å². The largest absolute Gasteiger partial charge is 0.309 e. The van der Waals surface area contributed by atoms with Gasteiger partial charge in [-0.1, -0.05) is 19.1 Å². The minimum Gasteiger partial charge on any atom is -0.309 e. The summed E-state index contributed by atoms with van der Waals surface area (Å²) in [5, 5.41) is 7.92. The van der Waals surface area contributed by atoms with E-state index in [1.807, 2.05) is 22.7 Å². The van der Waals surface area contributed by atoms with Gasteiger partial charge in [0.05, 0.1) is 0 Å². The topological polar surface area (TPSA) is 12.0 Å². The van der Waals surface area contributed by atoms with Crippen molar-refractivity contribution in [3.63, 3.8) is 0 Å². The Kier molecular flexibility index (Phi) is 4.57. The molecule has 0 saturated carbocycles. The Morgan fingerprint density at radius 3 is 2.62 bits per heavy atom. The molecule has 1 unspecified atom stereocenters. The van der Waals surface area contributed by atoms with Crippen molar-refractivity contribution in [3.8, 4) is 0 Å². The average molecular weight is 251 g/mol. The second-order valence-corrected chi connectivity index (χ2v) is 5.77. The average Bonchev–Trinajstić information content (AvgIpc) is 2.96. The molecule has 0 radical (unpaired) electrons. The van der Waals surface area contributed by atoms with Gasteiger partial charge in [-0.05, 0) is 35.7 Å². The van der Waals surface area contributed by atoms with Crippen LogP contribution in [0.3, 0.4) is 0 Å². The van der Waals surface area contributed by atoms with E-state index in [0.29, 0.717) is 6.04 Å². The summed E-state index contributed by atoms with van der Waals surface area (Å²) in [7, 11) is 0. The molecule has 0 amide bonds. The van der Waals surface area contributed by atoms with E-state index in [2.05, 4.69) is 47.3 Å². The first kappa shape index (κ1) is 11.8. The van der Waals surface area contributed by atoms with Crippen molar-refractivity contribution in [1.29, 1.82) is 0 Å². The normalized spacial score (nSPS) is 12.8. The third-order valence-corrected chi connectivity index (χ3v) is 4.56. The summed E-state index contributed by atoms with van der Waals surface area (Å²) in [6.07, 6.45) is 2.30. The Morgan fingerprint density at radius 1 is 1.19 bits per heavy atom. The quantitative estimate of drug-likeness (QED) is 0.815. The molecule has 86 valence electrons. The van der Waals surface area contributed by atoms with E-state index < -0.39 is 0 Å². The monoisotopic (exact) mass is 251 g/mol. The third kappa shape index (κ3) is 3.17. The first-order valence-corrected chi connectivity index (χ1v) is 7.45. The SMILES string of the molecule is CCC(NCCc1cccs1)c1cccs1. The lowest BCUT2D eigenvalue weighted by Gasteiger charge is -2.14. The molecule has 0 fully saturated rings. The van der Waals surface area contributed by atoms with Crippen molar-refractivity contribution in [2.24, 2.45) is 0 Å². The maximum atomic E-state index is 3.63. The predicted molar refractivity (Wildman–Crippen MR) is 73.4 cm³/mol. The van der Waals surface area contributed by atoms with Gasteiger partial charge in [0.15, 0.2) is 0 Å². The van der Waals surface area contributed by atoms with Crippen LogP contribution in [0.25, 0.3) is 0 Å². The first-order valence-electron chi connectivity index (χ1n) is 5.69. The third-order valence-electron chi connectivity index (χ3n) is 2.64. The Bertz CT molecular complexity index is 378. The van der Waals surface area contributed by atoms with Gasteiger partial charge in [0, 0.05) is 22.3 Å². The summed E-state index contributed by atoms with van der Waals surface area (Å²) in [6.45, 7) is 3.31. The van der Waals surface area contributed by atoms with Gasteiger partial charge in [-0.25, -0.2) is 0 Å². The van der Waals surface area contributed by atoms with E-state index >= 15 is 0 Å². The summed E-state index contributed by atoms with van der Waals surface area (Å²) in [5.74, 6) is 0. The van der Waals surface area contributed by atoms with Gasteiger partial charge in [0.2, 0.25) is 0 Å². The lowest BCUT2D eigenvalue weighted by molar-refractivity contribution is 0.531. The van der Waals surface area contributed by atoms with Crippen molar-refractivity contribution in [1.82, 2.24) is 5.32 Å². The van der Waals surface area contributed by atoms with E-state index in [1.165, 1.54) is 9.75 Å². The van der Waals surface area contributed by atoms with Gasteiger partial charge in [0.1, 0.15) is 0 Å².